The molecule has 0 radical (unpaired) electrons. The van der Waals surface area contributed by atoms with Gasteiger partial charge in [0.2, 0.25) is 0 Å². The highest BCUT2D eigenvalue weighted by Gasteiger charge is 2.18. The van der Waals surface area contributed by atoms with Gasteiger partial charge in [0.05, 0.1) is 0 Å². The first-order chi connectivity index (χ1) is 10.2. The third-order valence-electron chi connectivity index (χ3n) is 4.08. The van der Waals surface area contributed by atoms with Gasteiger partial charge in [0, 0.05) is 17.0 Å². The molecule has 1 unspecified atom stereocenters. The largest absolute Gasteiger partial charge is 0.313 e. The Morgan fingerprint density at radius 2 is 2.00 bits per heavy atom. The molecule has 1 aromatic carbocycles. The van der Waals surface area contributed by atoms with E-state index in [1.165, 1.54) is 38.2 Å². The van der Waals surface area contributed by atoms with Crippen LogP contribution < -0.4 is 5.32 Å². The third kappa shape index (κ3) is 5.26. The number of hydrogen-bond acceptors (Lipinski definition) is 2. The van der Waals surface area contributed by atoms with Gasteiger partial charge in [-0.3, -0.25) is 0 Å². The molecule has 1 saturated carbocycles. The molecule has 0 amide bonds. The van der Waals surface area contributed by atoms with E-state index >= 15 is 0 Å². The number of benzene rings is 1. The van der Waals surface area contributed by atoms with Gasteiger partial charge in [-0.1, -0.05) is 38.3 Å². The number of hydrogen-bond donors (Lipinski definition) is 1. The van der Waals surface area contributed by atoms with Crippen LogP contribution in [-0.2, 0) is 6.42 Å². The van der Waals surface area contributed by atoms with Crippen molar-refractivity contribution in [2.24, 2.45) is 0 Å². The zero-order chi connectivity index (χ0) is 15.1. The second kappa shape index (κ2) is 8.74. The fourth-order valence-electron chi connectivity index (χ4n) is 2.93. The molecular weight excluding hydrogens is 288 g/mol. The maximum Gasteiger partial charge on any atom is 0.162 e. The molecule has 1 aliphatic carbocycles. The first-order valence-electron chi connectivity index (χ1n) is 7.98. The smallest absolute Gasteiger partial charge is 0.162 e. The standard InChI is InChI=1S/C17H25F2NS/c1-2-20-14(12-21-15-8-4-3-5-9-15)11-13-7-6-10-16(18)17(13)19/h6-7,10,14-15,20H,2-5,8-9,11-12H2,1H3. The SMILES string of the molecule is CCNC(CSC1CCCCC1)Cc1cccc(F)c1F. The number of rotatable bonds is 7. The molecule has 1 nitrogen and oxygen atoms in total. The summed E-state index contributed by atoms with van der Waals surface area (Å²) in [6.45, 7) is 2.91. The average Bonchev–Trinajstić information content (AvgIpc) is 2.50. The minimum Gasteiger partial charge on any atom is -0.313 e. The summed E-state index contributed by atoms with van der Waals surface area (Å²) in [6, 6.07) is 4.66. The second-order valence-electron chi connectivity index (χ2n) is 5.77. The van der Waals surface area contributed by atoms with Gasteiger partial charge in [0.15, 0.2) is 11.6 Å². The number of halogens is 2. The van der Waals surface area contributed by atoms with E-state index in [0.29, 0.717) is 12.0 Å². The summed E-state index contributed by atoms with van der Waals surface area (Å²) in [6.07, 6.45) is 7.19. The predicted molar refractivity (Wildman–Crippen MR) is 86.9 cm³/mol. The number of nitrogens with one attached hydrogen (secondary N) is 1. The van der Waals surface area contributed by atoms with Gasteiger partial charge in [-0.05, 0) is 37.4 Å². The molecule has 1 aromatic rings. The van der Waals surface area contributed by atoms with E-state index in [9.17, 15) is 8.78 Å². The zero-order valence-electron chi connectivity index (χ0n) is 12.7. The van der Waals surface area contributed by atoms with Crippen LogP contribution in [0.15, 0.2) is 18.2 Å². The fourth-order valence-corrected chi connectivity index (χ4v) is 4.34. The van der Waals surface area contributed by atoms with Crippen LogP contribution in [0.4, 0.5) is 8.78 Å². The first-order valence-corrected chi connectivity index (χ1v) is 9.03. The summed E-state index contributed by atoms with van der Waals surface area (Å²) in [7, 11) is 0. The predicted octanol–water partition coefficient (Wildman–Crippen LogP) is 4.55. The van der Waals surface area contributed by atoms with Gasteiger partial charge in [-0.2, -0.15) is 11.8 Å². The van der Waals surface area contributed by atoms with Crippen molar-refractivity contribution in [3.8, 4) is 0 Å². The lowest BCUT2D eigenvalue weighted by Crippen LogP contribution is -2.34. The molecule has 0 bridgehead atoms. The molecule has 0 heterocycles. The maximum atomic E-state index is 13.8. The Labute approximate surface area is 130 Å². The highest BCUT2D eigenvalue weighted by atomic mass is 32.2. The molecule has 4 heteroatoms. The summed E-state index contributed by atoms with van der Waals surface area (Å²) in [5.74, 6) is -0.472. The molecule has 1 atom stereocenters. The molecule has 2 rings (SSSR count). The normalized spacial score (nSPS) is 17.9. The van der Waals surface area contributed by atoms with Crippen LogP contribution in [0.5, 0.6) is 0 Å². The number of likely N-dealkylation sites (N-methyl/N-ethyl adjacent to an activating group) is 1. The quantitative estimate of drug-likeness (QED) is 0.792. The van der Waals surface area contributed by atoms with Crippen molar-refractivity contribution >= 4 is 11.8 Å². The van der Waals surface area contributed by atoms with Crippen molar-refractivity contribution in [2.75, 3.05) is 12.3 Å². The Morgan fingerprint density at radius 3 is 2.71 bits per heavy atom. The third-order valence-corrected chi connectivity index (χ3v) is 5.61. The van der Waals surface area contributed by atoms with E-state index in [-0.39, 0.29) is 6.04 Å². The first kappa shape index (κ1) is 16.8. The zero-order valence-corrected chi connectivity index (χ0v) is 13.5. The molecule has 0 aromatic heterocycles. The Hall–Kier alpha value is -0.610. The van der Waals surface area contributed by atoms with E-state index in [1.54, 1.807) is 12.1 Å². The monoisotopic (exact) mass is 313 g/mol. The molecule has 118 valence electrons. The molecule has 0 aliphatic heterocycles. The summed E-state index contributed by atoms with van der Waals surface area (Å²) in [4.78, 5) is 0. The highest BCUT2D eigenvalue weighted by Crippen LogP contribution is 2.29. The van der Waals surface area contributed by atoms with E-state index < -0.39 is 11.6 Å². The lowest BCUT2D eigenvalue weighted by Gasteiger charge is -2.24. The Kier molecular flexibility index (Phi) is 6.97. The molecule has 1 N–H and O–H groups in total. The van der Waals surface area contributed by atoms with E-state index in [4.69, 9.17) is 0 Å². The Balaban J connectivity index is 1.90. The molecule has 1 aliphatic rings. The Morgan fingerprint density at radius 1 is 1.24 bits per heavy atom. The van der Waals surface area contributed by atoms with Gasteiger partial charge >= 0.3 is 0 Å². The van der Waals surface area contributed by atoms with Crippen LogP contribution >= 0.6 is 11.8 Å². The summed E-state index contributed by atoms with van der Waals surface area (Å²) in [5, 5.41) is 4.15. The minimum atomic E-state index is -0.748. The molecular formula is C17H25F2NS. The lowest BCUT2D eigenvalue weighted by atomic mass is 10.0. The van der Waals surface area contributed by atoms with Gasteiger partial charge in [-0.15, -0.1) is 0 Å². The van der Waals surface area contributed by atoms with Crippen LogP contribution in [0.3, 0.4) is 0 Å². The van der Waals surface area contributed by atoms with Crippen molar-refractivity contribution in [2.45, 2.75) is 56.7 Å². The Bertz CT molecular complexity index is 433. The van der Waals surface area contributed by atoms with E-state index in [1.807, 2.05) is 11.8 Å². The minimum absolute atomic E-state index is 0.207. The maximum absolute atomic E-state index is 13.8. The van der Waals surface area contributed by atoms with Crippen LogP contribution in [-0.4, -0.2) is 23.6 Å². The average molecular weight is 313 g/mol. The summed E-state index contributed by atoms with van der Waals surface area (Å²) >= 11 is 2.00. The van der Waals surface area contributed by atoms with Crippen molar-refractivity contribution < 1.29 is 8.78 Å². The topological polar surface area (TPSA) is 12.0 Å². The van der Waals surface area contributed by atoms with Gasteiger partial charge in [-0.25, -0.2) is 8.78 Å². The second-order valence-corrected chi connectivity index (χ2v) is 7.10. The summed E-state index contributed by atoms with van der Waals surface area (Å²) < 4.78 is 27.1. The van der Waals surface area contributed by atoms with Gasteiger partial charge in [0.1, 0.15) is 0 Å². The summed E-state index contributed by atoms with van der Waals surface area (Å²) in [5.41, 5.74) is 0.477. The van der Waals surface area contributed by atoms with Crippen molar-refractivity contribution in [3.05, 3.63) is 35.4 Å². The lowest BCUT2D eigenvalue weighted by molar-refractivity contribution is 0.485. The van der Waals surface area contributed by atoms with Crippen LogP contribution in [0.1, 0.15) is 44.6 Å². The van der Waals surface area contributed by atoms with E-state index in [0.717, 1.165) is 17.5 Å². The van der Waals surface area contributed by atoms with Gasteiger partial charge < -0.3 is 5.32 Å². The number of thioether (sulfide) groups is 1. The van der Waals surface area contributed by atoms with Crippen LogP contribution in [0.2, 0.25) is 0 Å². The van der Waals surface area contributed by atoms with Crippen molar-refractivity contribution in [3.63, 3.8) is 0 Å². The fraction of sp³-hybridized carbons (Fsp3) is 0.647. The van der Waals surface area contributed by atoms with Gasteiger partial charge in [0.25, 0.3) is 0 Å². The van der Waals surface area contributed by atoms with E-state index in [2.05, 4.69) is 12.2 Å². The molecule has 0 spiro atoms. The van der Waals surface area contributed by atoms with Crippen LogP contribution in [0.25, 0.3) is 0 Å². The molecule has 1 fully saturated rings. The van der Waals surface area contributed by atoms with Crippen LogP contribution in [0, 0.1) is 11.6 Å². The van der Waals surface area contributed by atoms with Crippen molar-refractivity contribution in [1.82, 2.24) is 5.32 Å². The highest BCUT2D eigenvalue weighted by molar-refractivity contribution is 7.99. The van der Waals surface area contributed by atoms with Crippen molar-refractivity contribution in [1.29, 1.82) is 0 Å². The molecule has 0 saturated heterocycles. The molecule has 21 heavy (non-hydrogen) atoms.